The minimum absolute atomic E-state index is 0.0157. The fourth-order valence-corrected chi connectivity index (χ4v) is 3.02. The first-order valence-electron chi connectivity index (χ1n) is 5.02. The maximum absolute atomic E-state index is 11.9. The second-order valence-electron chi connectivity index (χ2n) is 3.68. The molecule has 0 saturated heterocycles. The molecule has 2 aromatic rings. The van der Waals surface area contributed by atoms with E-state index >= 15 is 0 Å². The average Bonchev–Trinajstić information content (AvgIpc) is 2.81. The van der Waals surface area contributed by atoms with Gasteiger partial charge in [-0.1, -0.05) is 23.2 Å². The number of hydrogen-bond acceptors (Lipinski definition) is 3. The lowest BCUT2D eigenvalue weighted by atomic mass is 10.1. The number of halogens is 2. The van der Waals surface area contributed by atoms with Gasteiger partial charge in [-0.05, 0) is 18.1 Å². The maximum Gasteiger partial charge on any atom is 0.165 e. The zero-order chi connectivity index (χ0) is 12.4. The highest BCUT2D eigenvalue weighted by molar-refractivity contribution is 7.20. The molecule has 17 heavy (non-hydrogen) atoms. The van der Waals surface area contributed by atoms with Crippen molar-refractivity contribution in [2.75, 3.05) is 0 Å². The number of carbonyl (C=O) groups is 1. The summed E-state index contributed by atoms with van der Waals surface area (Å²) in [6, 6.07) is 1.63. The highest BCUT2D eigenvalue weighted by atomic mass is 35.5. The molecule has 0 fully saturated rings. The summed E-state index contributed by atoms with van der Waals surface area (Å²) in [5.74, 6) is 0.0157. The number of ketones is 1. The molecule has 0 amide bonds. The molecule has 0 aliphatic heterocycles. The molecule has 0 aliphatic carbocycles. The summed E-state index contributed by atoms with van der Waals surface area (Å²) in [5, 5.41) is 4.05. The molecule has 0 saturated carbocycles. The van der Waals surface area contributed by atoms with Gasteiger partial charge in [-0.3, -0.25) is 9.48 Å². The smallest absolute Gasteiger partial charge is 0.165 e. The molecule has 6 heteroatoms. The maximum atomic E-state index is 11.9. The van der Waals surface area contributed by atoms with E-state index in [4.69, 9.17) is 23.2 Å². The summed E-state index contributed by atoms with van der Waals surface area (Å²) in [4.78, 5) is 11.9. The van der Waals surface area contributed by atoms with Gasteiger partial charge in [0.25, 0.3) is 0 Å². The van der Waals surface area contributed by atoms with Crippen LogP contribution < -0.4 is 0 Å². The molecule has 0 aliphatic rings. The molecule has 0 atom stereocenters. The van der Waals surface area contributed by atoms with Crippen molar-refractivity contribution in [2.24, 2.45) is 7.05 Å². The summed E-state index contributed by atoms with van der Waals surface area (Å²) < 4.78 is 2.72. The Balaban J connectivity index is 2.00. The van der Waals surface area contributed by atoms with Crippen LogP contribution in [-0.4, -0.2) is 15.6 Å². The number of Topliss-reactive ketones (excluding diaryl/α,β-unsaturated/α-hetero) is 1. The lowest BCUT2D eigenvalue weighted by molar-refractivity contribution is 0.0983. The molecule has 0 aromatic carbocycles. The quantitative estimate of drug-likeness (QED) is 0.806. The SMILES string of the molecule is Cn1cc(CCC(=O)c2cc(Cl)sc2Cl)cn1. The van der Waals surface area contributed by atoms with E-state index in [1.54, 1.807) is 16.9 Å². The lowest BCUT2D eigenvalue weighted by Gasteiger charge is -1.97. The zero-order valence-electron chi connectivity index (χ0n) is 9.11. The van der Waals surface area contributed by atoms with Gasteiger partial charge in [0.15, 0.2) is 5.78 Å². The van der Waals surface area contributed by atoms with Gasteiger partial charge in [-0.15, -0.1) is 11.3 Å². The summed E-state index contributed by atoms with van der Waals surface area (Å²) in [5.41, 5.74) is 1.56. The molecule has 0 radical (unpaired) electrons. The Labute approximate surface area is 113 Å². The van der Waals surface area contributed by atoms with E-state index in [0.29, 0.717) is 27.1 Å². The molecule has 3 nitrogen and oxygen atoms in total. The van der Waals surface area contributed by atoms with E-state index in [9.17, 15) is 4.79 Å². The van der Waals surface area contributed by atoms with Gasteiger partial charge in [0.2, 0.25) is 0 Å². The first-order valence-corrected chi connectivity index (χ1v) is 6.59. The second kappa shape index (κ2) is 5.21. The molecule has 2 rings (SSSR count). The van der Waals surface area contributed by atoms with Gasteiger partial charge in [-0.2, -0.15) is 5.10 Å². The topological polar surface area (TPSA) is 34.9 Å². The molecule has 90 valence electrons. The predicted molar refractivity (Wildman–Crippen MR) is 70.2 cm³/mol. The van der Waals surface area contributed by atoms with Crippen molar-refractivity contribution in [3.05, 3.63) is 38.3 Å². The molecule has 2 aromatic heterocycles. The van der Waals surface area contributed by atoms with Gasteiger partial charge in [-0.25, -0.2) is 0 Å². The second-order valence-corrected chi connectivity index (χ2v) is 5.97. The van der Waals surface area contributed by atoms with Gasteiger partial charge in [0.05, 0.1) is 10.5 Å². The summed E-state index contributed by atoms with van der Waals surface area (Å²) >= 11 is 12.9. The van der Waals surface area contributed by atoms with Gasteiger partial charge in [0.1, 0.15) is 4.34 Å². The molecule has 0 bridgehead atoms. The van der Waals surface area contributed by atoms with Crippen LogP contribution in [0.3, 0.4) is 0 Å². The number of aryl methyl sites for hydroxylation is 2. The lowest BCUT2D eigenvalue weighted by Crippen LogP contribution is -1.99. The van der Waals surface area contributed by atoms with E-state index in [-0.39, 0.29) is 5.78 Å². The summed E-state index contributed by atoms with van der Waals surface area (Å²) in [7, 11) is 1.85. The number of rotatable bonds is 4. The van der Waals surface area contributed by atoms with E-state index in [2.05, 4.69) is 5.10 Å². The minimum atomic E-state index is 0.0157. The molecular weight excluding hydrogens is 279 g/mol. The van der Waals surface area contributed by atoms with Crippen LogP contribution in [0.2, 0.25) is 8.67 Å². The van der Waals surface area contributed by atoms with Crippen LogP contribution in [0, 0.1) is 0 Å². The highest BCUT2D eigenvalue weighted by Gasteiger charge is 2.14. The van der Waals surface area contributed by atoms with Gasteiger partial charge >= 0.3 is 0 Å². The summed E-state index contributed by atoms with van der Waals surface area (Å²) in [6.45, 7) is 0. The van der Waals surface area contributed by atoms with Crippen molar-refractivity contribution in [3.8, 4) is 0 Å². The normalized spacial score (nSPS) is 10.8. The largest absolute Gasteiger partial charge is 0.294 e. The minimum Gasteiger partial charge on any atom is -0.294 e. The third-order valence-electron chi connectivity index (χ3n) is 2.36. The monoisotopic (exact) mass is 288 g/mol. The van der Waals surface area contributed by atoms with E-state index in [0.717, 1.165) is 5.56 Å². The molecule has 0 unspecified atom stereocenters. The fourth-order valence-electron chi connectivity index (χ4n) is 1.52. The Bertz CT molecular complexity index is 547. The fraction of sp³-hybridized carbons (Fsp3) is 0.273. The molecule has 0 N–H and O–H groups in total. The van der Waals surface area contributed by atoms with Gasteiger partial charge < -0.3 is 0 Å². The van der Waals surface area contributed by atoms with Crippen LogP contribution in [0.15, 0.2) is 18.5 Å². The highest BCUT2D eigenvalue weighted by Crippen LogP contribution is 2.32. The van der Waals surface area contributed by atoms with E-state index in [1.807, 2.05) is 13.2 Å². The van der Waals surface area contributed by atoms with E-state index < -0.39 is 0 Å². The van der Waals surface area contributed by atoms with Crippen LogP contribution in [0.4, 0.5) is 0 Å². The van der Waals surface area contributed by atoms with Crippen molar-refractivity contribution in [3.63, 3.8) is 0 Å². The van der Waals surface area contributed by atoms with Crippen molar-refractivity contribution in [2.45, 2.75) is 12.8 Å². The Kier molecular flexibility index (Phi) is 3.86. The van der Waals surface area contributed by atoms with Crippen molar-refractivity contribution < 1.29 is 4.79 Å². The third kappa shape index (κ3) is 3.09. The van der Waals surface area contributed by atoms with Crippen molar-refractivity contribution >= 4 is 40.3 Å². The van der Waals surface area contributed by atoms with Crippen LogP contribution in [0.25, 0.3) is 0 Å². The van der Waals surface area contributed by atoms with Crippen LogP contribution in [0.5, 0.6) is 0 Å². The Morgan fingerprint density at radius 2 is 2.29 bits per heavy atom. The average molecular weight is 289 g/mol. The predicted octanol–water partition coefficient (Wildman–Crippen LogP) is 3.60. The van der Waals surface area contributed by atoms with Crippen molar-refractivity contribution in [1.29, 1.82) is 0 Å². The number of nitrogens with zero attached hydrogens (tertiary/aromatic N) is 2. The van der Waals surface area contributed by atoms with Gasteiger partial charge in [0, 0.05) is 25.2 Å². The van der Waals surface area contributed by atoms with Crippen LogP contribution in [-0.2, 0) is 13.5 Å². The van der Waals surface area contributed by atoms with E-state index in [1.165, 1.54) is 11.3 Å². The van der Waals surface area contributed by atoms with Crippen LogP contribution in [0.1, 0.15) is 22.3 Å². The number of aromatic nitrogens is 2. The van der Waals surface area contributed by atoms with Crippen LogP contribution >= 0.6 is 34.5 Å². The first kappa shape index (κ1) is 12.6. The first-order chi connectivity index (χ1) is 8.06. The number of carbonyl (C=O) groups excluding carboxylic acids is 1. The molecule has 2 heterocycles. The molecular formula is C11H10Cl2N2OS. The molecule has 0 spiro atoms. The third-order valence-corrected chi connectivity index (χ3v) is 3.84. The standard InChI is InChI=1S/C11H10Cl2N2OS/c1-15-6-7(5-14-15)2-3-9(16)8-4-10(12)17-11(8)13/h4-6H,2-3H2,1H3. The summed E-state index contributed by atoms with van der Waals surface area (Å²) in [6.07, 6.45) is 4.74. The number of thiophene rings is 1. The Morgan fingerprint density at radius 3 is 2.82 bits per heavy atom. The zero-order valence-corrected chi connectivity index (χ0v) is 11.4. The Hall–Kier alpha value is -0.840. The number of hydrogen-bond donors (Lipinski definition) is 0. The van der Waals surface area contributed by atoms with Crippen molar-refractivity contribution in [1.82, 2.24) is 9.78 Å². The Morgan fingerprint density at radius 1 is 1.53 bits per heavy atom.